The lowest BCUT2D eigenvalue weighted by Gasteiger charge is -2.36. The van der Waals surface area contributed by atoms with Crippen molar-refractivity contribution in [1.29, 1.82) is 0 Å². The SMILES string of the molecule is CC(C)c1cccc(C(C)C)c1N1[C]CN(c2c(C(C)C)cccc2C(C)C)C1C. The van der Waals surface area contributed by atoms with E-state index in [9.17, 15) is 0 Å². The first-order valence-corrected chi connectivity index (χ1v) is 11.7. The van der Waals surface area contributed by atoms with Gasteiger partial charge in [0.15, 0.2) is 0 Å². The van der Waals surface area contributed by atoms with Gasteiger partial charge >= 0.3 is 0 Å². The van der Waals surface area contributed by atoms with Crippen molar-refractivity contribution < 1.29 is 0 Å². The predicted molar refractivity (Wildman–Crippen MR) is 132 cm³/mol. The van der Waals surface area contributed by atoms with Crippen molar-refractivity contribution in [3.05, 3.63) is 65.2 Å². The summed E-state index contributed by atoms with van der Waals surface area (Å²) in [4.78, 5) is 4.98. The fraction of sp³-hybridized carbons (Fsp3) is 0.536. The fourth-order valence-corrected chi connectivity index (χ4v) is 4.72. The highest BCUT2D eigenvalue weighted by Crippen LogP contribution is 2.43. The summed E-state index contributed by atoms with van der Waals surface area (Å²) in [7, 11) is 0. The molecule has 2 aromatic carbocycles. The summed E-state index contributed by atoms with van der Waals surface area (Å²) in [6.45, 7) is 25.3. The Kier molecular flexibility index (Phi) is 6.84. The van der Waals surface area contributed by atoms with E-state index in [1.165, 1.54) is 33.6 Å². The zero-order chi connectivity index (χ0) is 22.2. The normalized spacial score (nSPS) is 15.5. The molecule has 1 aliphatic rings. The Balaban J connectivity index is 2.11. The quantitative estimate of drug-likeness (QED) is 0.483. The van der Waals surface area contributed by atoms with Gasteiger partial charge in [-0.15, -0.1) is 0 Å². The average molecular weight is 405 g/mol. The van der Waals surface area contributed by atoms with E-state index in [1.54, 1.807) is 0 Å². The molecule has 0 N–H and O–H groups in total. The highest BCUT2D eigenvalue weighted by molar-refractivity contribution is 5.70. The van der Waals surface area contributed by atoms with Crippen LogP contribution in [0.4, 0.5) is 11.4 Å². The van der Waals surface area contributed by atoms with Crippen LogP contribution in [0.15, 0.2) is 36.4 Å². The van der Waals surface area contributed by atoms with Crippen molar-refractivity contribution in [2.45, 2.75) is 92.2 Å². The van der Waals surface area contributed by atoms with Crippen LogP contribution in [0.2, 0.25) is 0 Å². The van der Waals surface area contributed by atoms with Gasteiger partial charge in [-0.1, -0.05) is 91.8 Å². The first kappa shape index (κ1) is 22.7. The van der Waals surface area contributed by atoms with Gasteiger partial charge in [0.1, 0.15) is 6.54 Å². The van der Waals surface area contributed by atoms with E-state index in [-0.39, 0.29) is 6.17 Å². The molecule has 1 fully saturated rings. The second kappa shape index (κ2) is 9.04. The van der Waals surface area contributed by atoms with Crippen molar-refractivity contribution in [2.75, 3.05) is 16.3 Å². The summed E-state index contributed by atoms with van der Waals surface area (Å²) >= 11 is 0. The maximum Gasteiger partial charge on any atom is 0.114 e. The Bertz CT molecular complexity index is 739. The molecular formula is C28H40N2. The second-order valence-corrected chi connectivity index (χ2v) is 9.98. The van der Waals surface area contributed by atoms with E-state index >= 15 is 0 Å². The second-order valence-electron chi connectivity index (χ2n) is 9.98. The summed E-state index contributed by atoms with van der Waals surface area (Å²) in [5.41, 5.74) is 8.51. The number of anilines is 2. The summed E-state index contributed by atoms with van der Waals surface area (Å²) in [6, 6.07) is 13.7. The summed E-state index contributed by atoms with van der Waals surface area (Å²) in [5, 5.41) is 0. The van der Waals surface area contributed by atoms with Crippen LogP contribution in [-0.2, 0) is 0 Å². The molecule has 0 spiro atoms. The molecule has 1 saturated heterocycles. The third-order valence-electron chi connectivity index (χ3n) is 6.45. The largest absolute Gasteiger partial charge is 0.348 e. The van der Waals surface area contributed by atoms with Gasteiger partial charge in [0.2, 0.25) is 0 Å². The standard InChI is InChI=1S/C28H40N2/c1-18(2)23-12-10-13-24(19(3)4)27(23)29-16-17-30(22(29)9)28-25(20(5)6)14-11-15-26(28)21(7)8/h10-15,18-22H,16H2,1-9H3. The summed E-state index contributed by atoms with van der Waals surface area (Å²) in [6.07, 6.45) is 0.236. The minimum Gasteiger partial charge on any atom is -0.348 e. The number of rotatable bonds is 6. The maximum atomic E-state index is 3.75. The first-order valence-electron chi connectivity index (χ1n) is 11.7. The summed E-state index contributed by atoms with van der Waals surface area (Å²) < 4.78 is 0. The third-order valence-corrected chi connectivity index (χ3v) is 6.45. The lowest BCUT2D eigenvalue weighted by molar-refractivity contribution is 0.705. The topological polar surface area (TPSA) is 6.48 Å². The Morgan fingerprint density at radius 3 is 1.40 bits per heavy atom. The number of para-hydroxylation sites is 2. The van der Waals surface area contributed by atoms with Gasteiger partial charge in [-0.25, -0.2) is 0 Å². The lowest BCUT2D eigenvalue weighted by atomic mass is 9.91. The van der Waals surface area contributed by atoms with Crippen molar-refractivity contribution in [3.8, 4) is 0 Å². The van der Waals surface area contributed by atoms with Gasteiger partial charge in [-0.3, -0.25) is 0 Å². The lowest BCUT2D eigenvalue weighted by Crippen LogP contribution is -2.38. The van der Waals surface area contributed by atoms with Crippen LogP contribution in [-0.4, -0.2) is 12.7 Å². The number of hydrogen-bond acceptors (Lipinski definition) is 2. The number of hydrogen-bond donors (Lipinski definition) is 0. The molecule has 2 nitrogen and oxygen atoms in total. The van der Waals surface area contributed by atoms with Crippen LogP contribution in [0.25, 0.3) is 0 Å². The predicted octanol–water partition coefficient (Wildman–Crippen LogP) is 7.89. The fourth-order valence-electron chi connectivity index (χ4n) is 4.72. The first-order chi connectivity index (χ1) is 14.1. The third kappa shape index (κ3) is 4.11. The molecular weight excluding hydrogens is 364 g/mol. The van der Waals surface area contributed by atoms with E-state index in [0.29, 0.717) is 23.7 Å². The van der Waals surface area contributed by atoms with E-state index in [2.05, 4.69) is 115 Å². The minimum absolute atomic E-state index is 0.236. The molecule has 0 amide bonds. The molecule has 2 heteroatoms. The molecule has 1 unspecified atom stereocenters. The van der Waals surface area contributed by atoms with Crippen molar-refractivity contribution >= 4 is 11.4 Å². The molecule has 3 rings (SSSR count). The molecule has 0 aliphatic carbocycles. The van der Waals surface area contributed by atoms with Crippen LogP contribution >= 0.6 is 0 Å². The Hall–Kier alpha value is -1.96. The number of nitrogens with zero attached hydrogens (tertiary/aromatic N) is 2. The molecule has 0 saturated carbocycles. The molecule has 1 atom stereocenters. The van der Waals surface area contributed by atoms with Gasteiger partial charge in [-0.2, -0.15) is 0 Å². The zero-order valence-electron chi connectivity index (χ0n) is 20.5. The van der Waals surface area contributed by atoms with E-state index in [0.717, 1.165) is 6.54 Å². The highest BCUT2D eigenvalue weighted by Gasteiger charge is 2.35. The van der Waals surface area contributed by atoms with Crippen LogP contribution in [0, 0.1) is 6.54 Å². The van der Waals surface area contributed by atoms with Gasteiger partial charge < -0.3 is 9.80 Å². The monoisotopic (exact) mass is 404 g/mol. The molecule has 2 aromatic rings. The molecule has 0 aromatic heterocycles. The average Bonchev–Trinajstić information content (AvgIpc) is 3.07. The van der Waals surface area contributed by atoms with Gasteiger partial charge in [0.05, 0.1) is 6.17 Å². The smallest absolute Gasteiger partial charge is 0.114 e. The van der Waals surface area contributed by atoms with Crippen molar-refractivity contribution in [2.24, 2.45) is 0 Å². The summed E-state index contributed by atoms with van der Waals surface area (Å²) in [5.74, 6) is 1.95. The maximum absolute atomic E-state index is 3.75. The highest BCUT2D eigenvalue weighted by atomic mass is 15.4. The minimum atomic E-state index is 0.236. The Morgan fingerprint density at radius 2 is 1.03 bits per heavy atom. The van der Waals surface area contributed by atoms with E-state index < -0.39 is 0 Å². The van der Waals surface area contributed by atoms with Crippen LogP contribution in [0.3, 0.4) is 0 Å². The van der Waals surface area contributed by atoms with Gasteiger partial charge in [-0.05, 0) is 52.8 Å². The van der Waals surface area contributed by atoms with E-state index in [1.807, 2.05) is 0 Å². The Morgan fingerprint density at radius 1 is 0.667 bits per heavy atom. The zero-order valence-corrected chi connectivity index (χ0v) is 20.5. The molecule has 1 aliphatic heterocycles. The van der Waals surface area contributed by atoms with Gasteiger partial charge in [0.25, 0.3) is 0 Å². The van der Waals surface area contributed by atoms with Crippen molar-refractivity contribution in [1.82, 2.24) is 0 Å². The molecule has 1 heterocycles. The molecule has 2 radical (unpaired) electrons. The van der Waals surface area contributed by atoms with E-state index in [4.69, 9.17) is 0 Å². The van der Waals surface area contributed by atoms with Crippen LogP contribution in [0.1, 0.15) is 108 Å². The van der Waals surface area contributed by atoms with Crippen molar-refractivity contribution in [3.63, 3.8) is 0 Å². The van der Waals surface area contributed by atoms with Crippen LogP contribution < -0.4 is 9.80 Å². The van der Waals surface area contributed by atoms with Gasteiger partial charge in [0, 0.05) is 17.9 Å². The molecule has 30 heavy (non-hydrogen) atoms. The molecule has 162 valence electrons. The molecule has 0 bridgehead atoms. The Labute approximate surface area is 185 Å². The number of benzene rings is 2. The van der Waals surface area contributed by atoms with Crippen LogP contribution in [0.5, 0.6) is 0 Å².